The number of rotatable bonds is 10. The van der Waals surface area contributed by atoms with Gasteiger partial charge in [0.1, 0.15) is 0 Å². The maximum atomic E-state index is 12.5. The van der Waals surface area contributed by atoms with Crippen molar-refractivity contribution in [3.05, 3.63) is 34.4 Å². The zero-order valence-corrected chi connectivity index (χ0v) is 17.2. The molecule has 0 radical (unpaired) electrons. The van der Waals surface area contributed by atoms with Crippen LogP contribution in [-0.2, 0) is 9.47 Å². The number of aliphatic hydroxyl groups excluding tert-OH is 2. The summed E-state index contributed by atoms with van der Waals surface area (Å²) >= 11 is 0. The van der Waals surface area contributed by atoms with E-state index in [4.69, 9.17) is 9.47 Å². The molecule has 4 N–H and O–H groups in total. The number of hydrogen-bond acceptors (Lipinski definition) is 8. The van der Waals surface area contributed by atoms with Crippen LogP contribution in [0, 0.1) is 10.8 Å². The number of aromatic carboxylic acids is 2. The topological polar surface area (TPSA) is 168 Å². The largest absolute Gasteiger partial charge is 0.478 e. The lowest BCUT2D eigenvalue weighted by Crippen LogP contribution is -2.27. The molecule has 10 heteroatoms. The van der Waals surface area contributed by atoms with Crippen molar-refractivity contribution in [2.45, 2.75) is 27.7 Å². The van der Waals surface area contributed by atoms with Gasteiger partial charge in [-0.3, -0.25) is 0 Å². The number of esters is 2. The number of carbonyl (C=O) groups excluding carboxylic acids is 2. The Kier molecular flexibility index (Phi) is 8.09. The lowest BCUT2D eigenvalue weighted by Gasteiger charge is -2.22. The first kappa shape index (κ1) is 25.1. The molecule has 1 aromatic carbocycles. The molecule has 0 aliphatic carbocycles. The van der Waals surface area contributed by atoms with Gasteiger partial charge in [0.15, 0.2) is 0 Å². The SMILES string of the molecule is CC(C)(CO)COC(=O)c1cc(C(=O)OCC(C)(C)CO)c(C(=O)O)cc1C(=O)O. The Hall–Kier alpha value is -2.98. The molecule has 0 aromatic heterocycles. The molecule has 0 heterocycles. The summed E-state index contributed by atoms with van der Waals surface area (Å²) in [4.78, 5) is 48.0. The molecule has 0 amide bonds. The van der Waals surface area contributed by atoms with Crippen molar-refractivity contribution >= 4 is 23.9 Å². The molecule has 0 saturated carbocycles. The van der Waals surface area contributed by atoms with Gasteiger partial charge in [0.05, 0.1) is 48.7 Å². The maximum Gasteiger partial charge on any atom is 0.339 e. The van der Waals surface area contributed by atoms with Gasteiger partial charge in [-0.25, -0.2) is 19.2 Å². The molecule has 30 heavy (non-hydrogen) atoms. The third-order valence-electron chi connectivity index (χ3n) is 4.10. The van der Waals surface area contributed by atoms with Crippen molar-refractivity contribution < 1.29 is 49.1 Å². The van der Waals surface area contributed by atoms with E-state index in [0.29, 0.717) is 6.07 Å². The first-order valence-corrected chi connectivity index (χ1v) is 8.95. The van der Waals surface area contributed by atoms with Gasteiger partial charge in [-0.2, -0.15) is 0 Å². The Bertz CT molecular complexity index is 773. The van der Waals surface area contributed by atoms with Crippen molar-refractivity contribution in [2.24, 2.45) is 10.8 Å². The van der Waals surface area contributed by atoms with Gasteiger partial charge >= 0.3 is 23.9 Å². The quantitative estimate of drug-likeness (QED) is 0.402. The molecule has 0 spiro atoms. The molecule has 0 atom stereocenters. The van der Waals surface area contributed by atoms with Crippen LogP contribution < -0.4 is 0 Å². The van der Waals surface area contributed by atoms with Gasteiger partial charge in [-0.1, -0.05) is 27.7 Å². The highest BCUT2D eigenvalue weighted by molar-refractivity contribution is 6.09. The molecule has 0 aliphatic rings. The lowest BCUT2D eigenvalue weighted by molar-refractivity contribution is 0.0210. The van der Waals surface area contributed by atoms with Crippen LogP contribution in [0.5, 0.6) is 0 Å². The molecule has 166 valence electrons. The minimum atomic E-state index is -1.59. The van der Waals surface area contributed by atoms with E-state index >= 15 is 0 Å². The fourth-order valence-corrected chi connectivity index (χ4v) is 2.06. The van der Waals surface area contributed by atoms with Crippen molar-refractivity contribution in [3.63, 3.8) is 0 Å². The Morgan fingerprint density at radius 3 is 1.27 bits per heavy atom. The summed E-state index contributed by atoms with van der Waals surface area (Å²) in [5, 5.41) is 37.3. The van der Waals surface area contributed by atoms with Crippen molar-refractivity contribution in [1.82, 2.24) is 0 Å². The van der Waals surface area contributed by atoms with Gasteiger partial charge in [-0.05, 0) is 12.1 Å². The van der Waals surface area contributed by atoms with Crippen molar-refractivity contribution in [3.8, 4) is 0 Å². The van der Waals surface area contributed by atoms with E-state index < -0.39 is 57.0 Å². The molecule has 1 rings (SSSR count). The number of benzene rings is 1. The monoisotopic (exact) mass is 426 g/mol. The minimum Gasteiger partial charge on any atom is -0.478 e. The fraction of sp³-hybridized carbons (Fsp3) is 0.500. The summed E-state index contributed by atoms with van der Waals surface area (Å²) in [7, 11) is 0. The first-order valence-electron chi connectivity index (χ1n) is 8.95. The molecule has 0 fully saturated rings. The van der Waals surface area contributed by atoms with Gasteiger partial charge in [0.2, 0.25) is 0 Å². The fourth-order valence-electron chi connectivity index (χ4n) is 2.06. The Morgan fingerprint density at radius 2 is 1.00 bits per heavy atom. The summed E-state index contributed by atoms with van der Waals surface area (Å²) < 4.78 is 10.1. The van der Waals surface area contributed by atoms with Crippen LogP contribution in [-0.4, -0.2) is 70.7 Å². The zero-order chi connectivity index (χ0) is 23.3. The van der Waals surface area contributed by atoms with E-state index in [1.807, 2.05) is 0 Å². The summed E-state index contributed by atoms with van der Waals surface area (Å²) in [5.41, 5.74) is -3.97. The van der Waals surface area contributed by atoms with E-state index in [0.717, 1.165) is 6.07 Å². The molecule has 0 saturated heterocycles. The number of ether oxygens (including phenoxy) is 2. The smallest absolute Gasteiger partial charge is 0.339 e. The highest BCUT2D eigenvalue weighted by atomic mass is 16.5. The predicted molar refractivity (Wildman–Crippen MR) is 103 cm³/mol. The van der Waals surface area contributed by atoms with Crippen LogP contribution in [0.15, 0.2) is 12.1 Å². The second kappa shape index (κ2) is 9.68. The Morgan fingerprint density at radius 1 is 0.700 bits per heavy atom. The van der Waals surface area contributed by atoms with Gasteiger partial charge in [-0.15, -0.1) is 0 Å². The van der Waals surface area contributed by atoms with Crippen LogP contribution in [0.3, 0.4) is 0 Å². The summed E-state index contributed by atoms with van der Waals surface area (Å²) in [6, 6.07) is 1.49. The summed E-state index contributed by atoms with van der Waals surface area (Å²) in [5.74, 6) is -5.38. The number of hydrogen-bond donors (Lipinski definition) is 4. The van der Waals surface area contributed by atoms with Crippen LogP contribution in [0.4, 0.5) is 0 Å². The normalized spacial score (nSPS) is 11.7. The van der Waals surface area contributed by atoms with Gasteiger partial charge < -0.3 is 29.9 Å². The van der Waals surface area contributed by atoms with E-state index in [1.54, 1.807) is 27.7 Å². The van der Waals surface area contributed by atoms with Crippen LogP contribution >= 0.6 is 0 Å². The van der Waals surface area contributed by atoms with E-state index in [-0.39, 0.29) is 26.4 Å². The second-order valence-corrected chi connectivity index (χ2v) is 8.35. The molecule has 10 nitrogen and oxygen atoms in total. The highest BCUT2D eigenvalue weighted by Crippen LogP contribution is 2.23. The Labute approximate surface area is 173 Å². The molecular weight excluding hydrogens is 400 g/mol. The lowest BCUT2D eigenvalue weighted by atomic mass is 9.95. The highest BCUT2D eigenvalue weighted by Gasteiger charge is 2.29. The average Bonchev–Trinajstić information content (AvgIpc) is 2.69. The second-order valence-electron chi connectivity index (χ2n) is 8.35. The number of carbonyl (C=O) groups is 4. The predicted octanol–water partition coefficient (Wildman–Crippen LogP) is 1.43. The molecule has 0 unspecified atom stereocenters. The third kappa shape index (κ3) is 6.53. The van der Waals surface area contributed by atoms with E-state index in [9.17, 15) is 39.6 Å². The van der Waals surface area contributed by atoms with Crippen molar-refractivity contribution in [2.75, 3.05) is 26.4 Å². The maximum absolute atomic E-state index is 12.5. The summed E-state index contributed by atoms with van der Waals surface area (Å²) in [6.45, 7) is 5.34. The van der Waals surface area contributed by atoms with Crippen LogP contribution in [0.2, 0.25) is 0 Å². The third-order valence-corrected chi connectivity index (χ3v) is 4.10. The molecule has 1 aromatic rings. The summed E-state index contributed by atoms with van der Waals surface area (Å²) in [6.07, 6.45) is 0. The molecule has 0 aliphatic heterocycles. The number of aliphatic hydroxyl groups is 2. The van der Waals surface area contributed by atoms with Gasteiger partial charge in [0, 0.05) is 10.8 Å². The first-order chi connectivity index (χ1) is 13.7. The number of carboxylic acid groups (broad SMARTS) is 2. The van der Waals surface area contributed by atoms with Gasteiger partial charge in [0.25, 0.3) is 0 Å². The number of carboxylic acids is 2. The molecule has 0 bridgehead atoms. The van der Waals surface area contributed by atoms with Crippen molar-refractivity contribution in [1.29, 1.82) is 0 Å². The van der Waals surface area contributed by atoms with Crippen LogP contribution in [0.1, 0.15) is 69.1 Å². The average molecular weight is 426 g/mol. The Balaban J connectivity index is 3.39. The van der Waals surface area contributed by atoms with Crippen LogP contribution in [0.25, 0.3) is 0 Å². The van der Waals surface area contributed by atoms with E-state index in [1.165, 1.54) is 0 Å². The zero-order valence-electron chi connectivity index (χ0n) is 17.2. The standard InChI is InChI=1S/C20H26O10/c1-19(2,7-21)9-29-17(27)13-6-14(18(28)30-10-20(3,4)8-22)12(16(25)26)5-11(13)15(23)24/h5-6,21-22H,7-10H2,1-4H3,(H,23,24)(H,25,26). The minimum absolute atomic E-state index is 0.244. The molecular formula is C20H26O10. The van der Waals surface area contributed by atoms with E-state index in [2.05, 4.69) is 0 Å².